The van der Waals surface area contributed by atoms with Crippen LogP contribution in [-0.4, -0.2) is 53.1 Å². The number of aromatic nitrogens is 2. The molecule has 7 nitrogen and oxygen atoms in total. The molecular formula is C17H22N4O3S. The van der Waals surface area contributed by atoms with Crippen LogP contribution < -0.4 is 5.32 Å². The van der Waals surface area contributed by atoms with E-state index in [1.54, 1.807) is 24.0 Å². The van der Waals surface area contributed by atoms with Gasteiger partial charge in [-0.05, 0) is 12.0 Å². The van der Waals surface area contributed by atoms with Crippen LogP contribution in [0.3, 0.4) is 0 Å². The largest absolute Gasteiger partial charge is 0.308 e. The maximum atomic E-state index is 12.4. The fourth-order valence-electron chi connectivity index (χ4n) is 3.04. The molecule has 0 bridgehead atoms. The molecule has 134 valence electrons. The van der Waals surface area contributed by atoms with Crippen molar-refractivity contribution in [3.63, 3.8) is 0 Å². The Morgan fingerprint density at radius 1 is 1.32 bits per heavy atom. The highest BCUT2D eigenvalue weighted by Crippen LogP contribution is 2.20. The molecule has 1 amide bonds. The summed E-state index contributed by atoms with van der Waals surface area (Å²) in [4.78, 5) is 14.3. The first-order valence-electron chi connectivity index (χ1n) is 8.19. The van der Waals surface area contributed by atoms with Gasteiger partial charge in [0.2, 0.25) is 5.91 Å². The van der Waals surface area contributed by atoms with Gasteiger partial charge in [-0.2, -0.15) is 5.10 Å². The number of benzene rings is 1. The summed E-state index contributed by atoms with van der Waals surface area (Å²) in [7, 11) is -1.23. The van der Waals surface area contributed by atoms with E-state index < -0.39 is 9.84 Å². The standard InChI is InChI=1S/C17H22N4O3S/c1-20-9-7-16(19-20)18-17(22)12-21(11-14-5-3-2-4-6-14)15-8-10-25(23,24)13-15/h2-7,9,15H,8,10-13H2,1H3,(H,18,19,22)/t15-/m0/s1. The van der Waals surface area contributed by atoms with E-state index in [9.17, 15) is 13.2 Å². The fourth-order valence-corrected chi connectivity index (χ4v) is 4.81. The van der Waals surface area contributed by atoms with Crippen molar-refractivity contribution in [2.45, 2.75) is 19.0 Å². The number of nitrogens with one attached hydrogen (secondary N) is 1. The number of carbonyl (C=O) groups is 1. The molecule has 1 aliphatic rings. The fraction of sp³-hybridized carbons (Fsp3) is 0.412. The van der Waals surface area contributed by atoms with Crippen molar-refractivity contribution in [3.05, 3.63) is 48.2 Å². The molecule has 1 atom stereocenters. The Balaban J connectivity index is 1.70. The summed E-state index contributed by atoms with van der Waals surface area (Å²) in [6.45, 7) is 0.669. The van der Waals surface area contributed by atoms with Crippen LogP contribution in [0.4, 0.5) is 5.82 Å². The van der Waals surface area contributed by atoms with Crippen molar-refractivity contribution in [2.24, 2.45) is 7.05 Å². The Morgan fingerprint density at radius 3 is 2.68 bits per heavy atom. The summed E-state index contributed by atoms with van der Waals surface area (Å²) < 4.78 is 25.3. The molecule has 2 aromatic rings. The van der Waals surface area contributed by atoms with Crippen molar-refractivity contribution in [2.75, 3.05) is 23.4 Å². The van der Waals surface area contributed by atoms with Crippen molar-refractivity contribution >= 4 is 21.6 Å². The quantitative estimate of drug-likeness (QED) is 0.830. The van der Waals surface area contributed by atoms with E-state index in [2.05, 4.69) is 10.4 Å². The van der Waals surface area contributed by atoms with Crippen molar-refractivity contribution < 1.29 is 13.2 Å². The van der Waals surface area contributed by atoms with E-state index in [0.717, 1.165) is 5.56 Å². The zero-order valence-corrected chi connectivity index (χ0v) is 14.9. The first-order chi connectivity index (χ1) is 11.9. The van der Waals surface area contributed by atoms with Gasteiger partial charge >= 0.3 is 0 Å². The topological polar surface area (TPSA) is 84.3 Å². The van der Waals surface area contributed by atoms with E-state index in [4.69, 9.17) is 0 Å². The van der Waals surface area contributed by atoms with Gasteiger partial charge in [0.05, 0.1) is 18.1 Å². The van der Waals surface area contributed by atoms with Gasteiger partial charge in [-0.15, -0.1) is 0 Å². The minimum atomic E-state index is -3.01. The molecule has 0 aliphatic carbocycles. The zero-order valence-electron chi connectivity index (χ0n) is 14.1. The zero-order chi connectivity index (χ0) is 17.9. The van der Waals surface area contributed by atoms with Gasteiger partial charge in [0, 0.05) is 31.9 Å². The molecule has 0 radical (unpaired) electrons. The van der Waals surface area contributed by atoms with Gasteiger partial charge in [0.1, 0.15) is 0 Å². The molecule has 1 saturated heterocycles. The Morgan fingerprint density at radius 2 is 2.08 bits per heavy atom. The minimum absolute atomic E-state index is 0.108. The van der Waals surface area contributed by atoms with E-state index >= 15 is 0 Å². The molecule has 2 heterocycles. The van der Waals surface area contributed by atoms with Crippen LogP contribution in [0.25, 0.3) is 0 Å². The third-order valence-corrected chi connectivity index (χ3v) is 6.03. The Labute approximate surface area is 147 Å². The summed E-state index contributed by atoms with van der Waals surface area (Å²) in [5.41, 5.74) is 1.05. The predicted octanol–water partition coefficient (Wildman–Crippen LogP) is 1.05. The maximum Gasteiger partial charge on any atom is 0.239 e. The van der Waals surface area contributed by atoms with E-state index in [-0.39, 0.29) is 30.0 Å². The lowest BCUT2D eigenvalue weighted by atomic mass is 10.1. The van der Waals surface area contributed by atoms with Gasteiger partial charge in [-0.25, -0.2) is 8.42 Å². The van der Waals surface area contributed by atoms with Crippen LogP contribution in [0.15, 0.2) is 42.6 Å². The summed E-state index contributed by atoms with van der Waals surface area (Å²) in [6.07, 6.45) is 2.31. The number of nitrogens with zero attached hydrogens (tertiary/aromatic N) is 3. The molecule has 1 fully saturated rings. The second-order valence-electron chi connectivity index (χ2n) is 6.37. The van der Waals surface area contributed by atoms with Crippen LogP contribution >= 0.6 is 0 Å². The van der Waals surface area contributed by atoms with Gasteiger partial charge in [-0.1, -0.05) is 30.3 Å². The number of anilines is 1. The number of aryl methyl sites for hydroxylation is 1. The molecule has 8 heteroatoms. The highest BCUT2D eigenvalue weighted by Gasteiger charge is 2.33. The number of hydrogen-bond donors (Lipinski definition) is 1. The molecule has 0 spiro atoms. The molecule has 0 unspecified atom stereocenters. The van der Waals surface area contributed by atoms with Crippen LogP contribution in [0.2, 0.25) is 0 Å². The normalized spacial score (nSPS) is 19.2. The van der Waals surface area contributed by atoms with Gasteiger partial charge in [0.25, 0.3) is 0 Å². The number of carbonyl (C=O) groups excluding carboxylic acids is 1. The lowest BCUT2D eigenvalue weighted by Crippen LogP contribution is -2.41. The number of sulfone groups is 1. The van der Waals surface area contributed by atoms with E-state index in [1.807, 2.05) is 35.2 Å². The highest BCUT2D eigenvalue weighted by molar-refractivity contribution is 7.91. The monoisotopic (exact) mass is 362 g/mol. The van der Waals surface area contributed by atoms with Gasteiger partial charge in [-0.3, -0.25) is 14.4 Å². The summed E-state index contributed by atoms with van der Waals surface area (Å²) in [5.74, 6) is 0.590. The average Bonchev–Trinajstić information content (AvgIpc) is 3.13. The van der Waals surface area contributed by atoms with Crippen molar-refractivity contribution in [1.29, 1.82) is 0 Å². The van der Waals surface area contributed by atoms with Crippen LogP contribution in [0.1, 0.15) is 12.0 Å². The smallest absolute Gasteiger partial charge is 0.239 e. The number of amides is 1. The maximum absolute atomic E-state index is 12.4. The van der Waals surface area contributed by atoms with Crippen LogP contribution in [0.5, 0.6) is 0 Å². The molecule has 3 rings (SSSR count). The molecule has 1 aliphatic heterocycles. The van der Waals surface area contributed by atoms with E-state index in [0.29, 0.717) is 18.8 Å². The lowest BCUT2D eigenvalue weighted by molar-refractivity contribution is -0.117. The van der Waals surface area contributed by atoms with Crippen molar-refractivity contribution in [3.8, 4) is 0 Å². The summed E-state index contributed by atoms with van der Waals surface area (Å²) in [6, 6.07) is 11.3. The van der Waals surface area contributed by atoms with Crippen molar-refractivity contribution in [1.82, 2.24) is 14.7 Å². The van der Waals surface area contributed by atoms with Gasteiger partial charge < -0.3 is 5.32 Å². The minimum Gasteiger partial charge on any atom is -0.308 e. The number of rotatable bonds is 6. The molecule has 1 N–H and O–H groups in total. The average molecular weight is 362 g/mol. The molecular weight excluding hydrogens is 340 g/mol. The Hall–Kier alpha value is -2.19. The van der Waals surface area contributed by atoms with Crippen LogP contribution in [0, 0.1) is 0 Å². The van der Waals surface area contributed by atoms with Gasteiger partial charge in [0.15, 0.2) is 15.7 Å². The lowest BCUT2D eigenvalue weighted by Gasteiger charge is -2.27. The molecule has 1 aromatic heterocycles. The molecule has 25 heavy (non-hydrogen) atoms. The molecule has 1 aromatic carbocycles. The second kappa shape index (κ2) is 7.37. The predicted molar refractivity (Wildman–Crippen MR) is 95.7 cm³/mol. The summed E-state index contributed by atoms with van der Waals surface area (Å²) in [5, 5.41) is 6.89. The van der Waals surface area contributed by atoms with E-state index in [1.165, 1.54) is 0 Å². The third kappa shape index (κ3) is 4.90. The first-order valence-corrected chi connectivity index (χ1v) is 10.0. The first kappa shape index (κ1) is 17.6. The second-order valence-corrected chi connectivity index (χ2v) is 8.60. The number of hydrogen-bond acceptors (Lipinski definition) is 5. The third-order valence-electron chi connectivity index (χ3n) is 4.28. The SMILES string of the molecule is Cn1ccc(NC(=O)CN(Cc2ccccc2)[C@H]2CCS(=O)(=O)C2)n1. The van der Waals surface area contributed by atoms with Crippen LogP contribution in [-0.2, 0) is 28.2 Å². The summed E-state index contributed by atoms with van der Waals surface area (Å²) >= 11 is 0. The highest BCUT2D eigenvalue weighted by atomic mass is 32.2. The Kier molecular flexibility index (Phi) is 5.19. The molecule has 0 saturated carbocycles. The Bertz CT molecular complexity index is 833.